The van der Waals surface area contributed by atoms with Crippen molar-refractivity contribution in [2.75, 3.05) is 20.2 Å². The maximum Gasteiger partial charge on any atom is 0.422 e. The molecule has 6 nitrogen and oxygen atoms in total. The molecule has 2 N–H and O–H groups in total. The Kier molecular flexibility index (Phi) is 8.40. The molecule has 0 aliphatic heterocycles. The highest BCUT2D eigenvalue weighted by Crippen LogP contribution is 2.29. The van der Waals surface area contributed by atoms with Crippen LogP contribution >= 0.6 is 0 Å². The van der Waals surface area contributed by atoms with E-state index >= 15 is 0 Å². The molecule has 2 aromatic carbocycles. The summed E-state index contributed by atoms with van der Waals surface area (Å²) >= 11 is 0. The fourth-order valence-corrected chi connectivity index (χ4v) is 3.45. The van der Waals surface area contributed by atoms with Crippen LogP contribution in [0.4, 0.5) is 17.6 Å². The van der Waals surface area contributed by atoms with Gasteiger partial charge >= 0.3 is 6.18 Å². The molecule has 0 aliphatic carbocycles. The van der Waals surface area contributed by atoms with E-state index in [0.29, 0.717) is 12.0 Å². The Morgan fingerprint density at radius 3 is 2.34 bits per heavy atom. The Morgan fingerprint density at radius 2 is 1.71 bits per heavy atom. The monoisotopic (exact) mass is 489 g/mol. The van der Waals surface area contributed by atoms with Crippen molar-refractivity contribution < 1.29 is 31.9 Å². The maximum atomic E-state index is 13.5. The lowest BCUT2D eigenvalue weighted by molar-refractivity contribution is -0.154. The van der Waals surface area contributed by atoms with Gasteiger partial charge in [0.15, 0.2) is 6.61 Å². The van der Waals surface area contributed by atoms with Crippen molar-refractivity contribution in [1.29, 1.82) is 0 Å². The van der Waals surface area contributed by atoms with Gasteiger partial charge in [0, 0.05) is 37.3 Å². The maximum absolute atomic E-state index is 13.5. The van der Waals surface area contributed by atoms with Gasteiger partial charge in [-0.25, -0.2) is 9.37 Å². The SMILES string of the molecule is CNC(=O)c1cccc(C(CCNC(=O)c2ccc(OCC(F)(F)F)nc2)c2ccc(F)cc2)c1. The molecule has 1 unspecified atom stereocenters. The Balaban J connectivity index is 1.68. The van der Waals surface area contributed by atoms with Crippen molar-refractivity contribution in [3.8, 4) is 5.88 Å². The summed E-state index contributed by atoms with van der Waals surface area (Å²) in [5.74, 6) is -1.57. The molecule has 0 bridgehead atoms. The van der Waals surface area contributed by atoms with Gasteiger partial charge in [0.2, 0.25) is 5.88 Å². The number of alkyl halides is 3. The van der Waals surface area contributed by atoms with E-state index in [-0.39, 0.29) is 35.6 Å². The lowest BCUT2D eigenvalue weighted by Gasteiger charge is -2.19. The number of hydrogen-bond donors (Lipinski definition) is 2. The largest absolute Gasteiger partial charge is 0.468 e. The zero-order chi connectivity index (χ0) is 25.4. The van der Waals surface area contributed by atoms with Gasteiger partial charge in [-0.1, -0.05) is 24.3 Å². The topological polar surface area (TPSA) is 80.3 Å². The first-order valence-corrected chi connectivity index (χ1v) is 10.7. The van der Waals surface area contributed by atoms with Crippen molar-refractivity contribution in [3.63, 3.8) is 0 Å². The van der Waals surface area contributed by atoms with Crippen LogP contribution in [0.25, 0.3) is 0 Å². The smallest absolute Gasteiger partial charge is 0.422 e. The number of amides is 2. The molecular formula is C25H23F4N3O3. The van der Waals surface area contributed by atoms with Crippen LogP contribution in [0.3, 0.4) is 0 Å². The fourth-order valence-electron chi connectivity index (χ4n) is 3.45. The van der Waals surface area contributed by atoms with Crippen molar-refractivity contribution in [2.45, 2.75) is 18.5 Å². The predicted molar refractivity (Wildman–Crippen MR) is 121 cm³/mol. The third-order valence-electron chi connectivity index (χ3n) is 5.15. The Bertz CT molecular complexity index is 1150. The van der Waals surface area contributed by atoms with Crippen molar-refractivity contribution >= 4 is 11.8 Å². The molecule has 0 aliphatic rings. The number of carbonyl (C=O) groups excluding carboxylic acids is 2. The van der Waals surface area contributed by atoms with Gasteiger partial charge in [-0.2, -0.15) is 13.2 Å². The van der Waals surface area contributed by atoms with Gasteiger partial charge in [-0.05, 0) is 47.9 Å². The average molecular weight is 489 g/mol. The number of ether oxygens (including phenoxy) is 1. The van der Waals surface area contributed by atoms with Gasteiger partial charge in [-0.3, -0.25) is 9.59 Å². The van der Waals surface area contributed by atoms with Gasteiger partial charge < -0.3 is 15.4 Å². The highest BCUT2D eigenvalue weighted by Gasteiger charge is 2.28. The second-order valence-electron chi connectivity index (χ2n) is 7.64. The minimum absolute atomic E-state index is 0.157. The number of benzene rings is 2. The van der Waals surface area contributed by atoms with Crippen molar-refractivity contribution in [3.05, 3.63) is 94.9 Å². The quantitative estimate of drug-likeness (QED) is 0.435. The molecule has 0 radical (unpaired) electrons. The first-order chi connectivity index (χ1) is 16.7. The fraction of sp³-hybridized carbons (Fsp3) is 0.240. The first-order valence-electron chi connectivity index (χ1n) is 10.7. The van der Waals surface area contributed by atoms with Crippen LogP contribution in [0.2, 0.25) is 0 Å². The predicted octanol–water partition coefficient (Wildman–Crippen LogP) is 4.47. The van der Waals surface area contributed by atoms with E-state index < -0.39 is 18.7 Å². The van der Waals surface area contributed by atoms with Crippen LogP contribution in [0, 0.1) is 5.82 Å². The number of pyridine rings is 1. The molecule has 10 heteroatoms. The average Bonchev–Trinajstić information content (AvgIpc) is 2.85. The number of hydrogen-bond acceptors (Lipinski definition) is 4. The summed E-state index contributed by atoms with van der Waals surface area (Å²) in [6.45, 7) is -1.24. The minimum Gasteiger partial charge on any atom is -0.468 e. The molecule has 35 heavy (non-hydrogen) atoms. The highest BCUT2D eigenvalue weighted by atomic mass is 19.4. The van der Waals surface area contributed by atoms with E-state index in [1.54, 1.807) is 30.3 Å². The number of halogens is 4. The summed E-state index contributed by atoms with van der Waals surface area (Å²) in [6, 6.07) is 15.5. The molecule has 2 amide bonds. The number of aromatic nitrogens is 1. The summed E-state index contributed by atoms with van der Waals surface area (Å²) in [4.78, 5) is 28.3. The molecule has 184 valence electrons. The van der Waals surface area contributed by atoms with Crippen LogP contribution in [0.1, 0.15) is 44.2 Å². The molecule has 0 saturated heterocycles. The van der Waals surface area contributed by atoms with Crippen molar-refractivity contribution in [2.24, 2.45) is 0 Å². The Hall–Kier alpha value is -3.95. The van der Waals surface area contributed by atoms with E-state index in [4.69, 9.17) is 0 Å². The Labute approximate surface area is 199 Å². The van der Waals surface area contributed by atoms with E-state index in [2.05, 4.69) is 20.4 Å². The molecule has 1 aromatic heterocycles. The zero-order valence-electron chi connectivity index (χ0n) is 18.7. The van der Waals surface area contributed by atoms with Crippen LogP contribution in [-0.2, 0) is 0 Å². The summed E-state index contributed by atoms with van der Waals surface area (Å²) in [5.41, 5.74) is 2.26. The van der Waals surface area contributed by atoms with E-state index in [9.17, 15) is 27.2 Å². The molecule has 0 saturated carbocycles. The number of nitrogens with one attached hydrogen (secondary N) is 2. The Morgan fingerprint density at radius 1 is 0.971 bits per heavy atom. The lowest BCUT2D eigenvalue weighted by Crippen LogP contribution is -2.26. The van der Waals surface area contributed by atoms with Gasteiger partial charge in [0.25, 0.3) is 11.8 Å². The van der Waals surface area contributed by atoms with Crippen LogP contribution in [0.15, 0.2) is 66.9 Å². The molecule has 3 rings (SSSR count). The number of nitrogens with zero attached hydrogens (tertiary/aromatic N) is 1. The lowest BCUT2D eigenvalue weighted by atomic mass is 9.87. The van der Waals surface area contributed by atoms with E-state index in [1.807, 2.05) is 6.07 Å². The molecule has 3 aromatic rings. The van der Waals surface area contributed by atoms with E-state index in [0.717, 1.165) is 17.3 Å². The molecular weight excluding hydrogens is 466 g/mol. The zero-order valence-corrected chi connectivity index (χ0v) is 18.7. The normalized spacial score (nSPS) is 12.0. The minimum atomic E-state index is -4.49. The number of rotatable bonds is 9. The van der Waals surface area contributed by atoms with Gasteiger partial charge in [0.05, 0.1) is 5.56 Å². The molecule has 0 spiro atoms. The second kappa shape index (κ2) is 11.5. The third kappa shape index (κ3) is 7.53. The first kappa shape index (κ1) is 25.7. The molecule has 0 fully saturated rings. The summed E-state index contributed by atoms with van der Waals surface area (Å²) in [5, 5.41) is 5.33. The summed E-state index contributed by atoms with van der Waals surface area (Å²) in [6.07, 6.45) is -2.92. The highest BCUT2D eigenvalue weighted by molar-refractivity contribution is 5.94. The van der Waals surface area contributed by atoms with Crippen LogP contribution in [0.5, 0.6) is 5.88 Å². The molecule has 1 heterocycles. The second-order valence-corrected chi connectivity index (χ2v) is 7.64. The van der Waals surface area contributed by atoms with Crippen LogP contribution < -0.4 is 15.4 Å². The summed E-state index contributed by atoms with van der Waals surface area (Å²) < 4.78 is 54.7. The third-order valence-corrected chi connectivity index (χ3v) is 5.15. The van der Waals surface area contributed by atoms with Crippen LogP contribution in [-0.4, -0.2) is 43.2 Å². The van der Waals surface area contributed by atoms with E-state index in [1.165, 1.54) is 31.3 Å². The van der Waals surface area contributed by atoms with Gasteiger partial charge in [-0.15, -0.1) is 0 Å². The molecule has 1 atom stereocenters. The standard InChI is InChI=1S/C25H23F4N3O3/c1-30-23(33)18-4-2-3-17(13-18)21(16-5-8-20(26)9-6-16)11-12-31-24(34)19-7-10-22(32-14-19)35-15-25(27,28)29/h2-10,13-14,21H,11-12,15H2,1H3,(H,30,33)(H,31,34). The summed E-state index contributed by atoms with van der Waals surface area (Å²) in [7, 11) is 1.53. The van der Waals surface area contributed by atoms with Crippen molar-refractivity contribution in [1.82, 2.24) is 15.6 Å². The van der Waals surface area contributed by atoms with Gasteiger partial charge in [0.1, 0.15) is 5.82 Å². The number of carbonyl (C=O) groups is 2.